The summed E-state index contributed by atoms with van der Waals surface area (Å²) < 4.78 is 5.16. The summed E-state index contributed by atoms with van der Waals surface area (Å²) in [5.41, 5.74) is 0.860. The molecule has 2 aromatic heterocycles. The highest BCUT2D eigenvalue weighted by atomic mass is 35.5. The normalized spacial score (nSPS) is 14.8. The molecule has 0 bridgehead atoms. The topological polar surface area (TPSA) is 67.3 Å². The van der Waals surface area contributed by atoms with Crippen molar-refractivity contribution < 1.29 is 4.74 Å². The Bertz CT molecular complexity index is 897. The highest BCUT2D eigenvalue weighted by Gasteiger charge is 2.21. The molecule has 0 saturated carbocycles. The van der Waals surface area contributed by atoms with Crippen LogP contribution in [0.25, 0.3) is 10.9 Å². The van der Waals surface area contributed by atoms with E-state index in [9.17, 15) is 0 Å². The number of benzene rings is 1. The number of hydrogen-bond acceptors (Lipinski definition) is 7. The van der Waals surface area contributed by atoms with Crippen LogP contribution in [-0.2, 0) is 0 Å². The maximum Gasteiger partial charge on any atom is 0.233 e. The molecule has 0 radical (unpaired) electrons. The molecular weight excluding hydrogens is 340 g/mol. The molecular formula is C17H17ClN6O. The monoisotopic (exact) mass is 356 g/mol. The van der Waals surface area contributed by atoms with Gasteiger partial charge in [0.1, 0.15) is 12.1 Å². The third kappa shape index (κ3) is 3.15. The number of piperazine rings is 1. The molecule has 1 aromatic carbocycles. The summed E-state index contributed by atoms with van der Waals surface area (Å²) in [6.45, 7) is 3.35. The summed E-state index contributed by atoms with van der Waals surface area (Å²) in [6, 6.07) is 5.72. The Labute approximate surface area is 150 Å². The van der Waals surface area contributed by atoms with Crippen molar-refractivity contribution in [3.05, 3.63) is 41.9 Å². The Morgan fingerprint density at radius 3 is 2.64 bits per heavy atom. The Kier molecular flexibility index (Phi) is 4.23. The zero-order chi connectivity index (χ0) is 17.2. The molecule has 3 heterocycles. The number of aromatic nitrogens is 4. The van der Waals surface area contributed by atoms with Gasteiger partial charge in [-0.3, -0.25) is 4.98 Å². The summed E-state index contributed by atoms with van der Waals surface area (Å²) in [6.07, 6.45) is 4.96. The minimum Gasteiger partial charge on any atom is -0.480 e. The highest BCUT2D eigenvalue weighted by molar-refractivity contribution is 6.31. The van der Waals surface area contributed by atoms with Gasteiger partial charge in [0.2, 0.25) is 5.88 Å². The van der Waals surface area contributed by atoms with Gasteiger partial charge >= 0.3 is 0 Å². The first-order valence-electron chi connectivity index (χ1n) is 8.01. The number of halogens is 1. The second kappa shape index (κ2) is 6.68. The summed E-state index contributed by atoms with van der Waals surface area (Å²) in [4.78, 5) is 21.9. The van der Waals surface area contributed by atoms with Gasteiger partial charge in [0.05, 0.1) is 25.0 Å². The van der Waals surface area contributed by atoms with Crippen LogP contribution in [-0.4, -0.2) is 53.2 Å². The van der Waals surface area contributed by atoms with Crippen LogP contribution in [0.1, 0.15) is 0 Å². The van der Waals surface area contributed by atoms with Crippen molar-refractivity contribution in [3.63, 3.8) is 0 Å². The minimum atomic E-state index is 0.526. The van der Waals surface area contributed by atoms with E-state index >= 15 is 0 Å². The molecule has 4 rings (SSSR count). The molecule has 0 aliphatic carbocycles. The Hall–Kier alpha value is -2.67. The first-order chi connectivity index (χ1) is 12.2. The number of hydrogen-bond donors (Lipinski definition) is 0. The fourth-order valence-corrected chi connectivity index (χ4v) is 3.17. The van der Waals surface area contributed by atoms with E-state index in [1.807, 2.05) is 18.2 Å². The van der Waals surface area contributed by atoms with Crippen molar-refractivity contribution >= 4 is 34.1 Å². The smallest absolute Gasteiger partial charge is 0.233 e. The van der Waals surface area contributed by atoms with E-state index in [0.717, 1.165) is 48.7 Å². The summed E-state index contributed by atoms with van der Waals surface area (Å²) in [5, 5.41) is 1.69. The van der Waals surface area contributed by atoms with Crippen LogP contribution in [0, 0.1) is 0 Å². The molecule has 1 aliphatic heterocycles. The highest BCUT2D eigenvalue weighted by Crippen LogP contribution is 2.26. The molecule has 7 nitrogen and oxygen atoms in total. The first kappa shape index (κ1) is 15.8. The van der Waals surface area contributed by atoms with Crippen molar-refractivity contribution in [2.75, 3.05) is 43.1 Å². The maximum atomic E-state index is 6.06. The van der Waals surface area contributed by atoms with Gasteiger partial charge in [0, 0.05) is 36.6 Å². The van der Waals surface area contributed by atoms with Gasteiger partial charge in [-0.2, -0.15) is 4.98 Å². The van der Waals surface area contributed by atoms with Crippen LogP contribution in [0.15, 0.2) is 36.9 Å². The van der Waals surface area contributed by atoms with Crippen LogP contribution in [0.5, 0.6) is 5.88 Å². The maximum absolute atomic E-state index is 6.06. The Balaban J connectivity index is 1.54. The van der Waals surface area contributed by atoms with Crippen molar-refractivity contribution in [3.8, 4) is 5.88 Å². The van der Waals surface area contributed by atoms with Crippen LogP contribution < -0.4 is 14.5 Å². The van der Waals surface area contributed by atoms with E-state index in [1.165, 1.54) is 0 Å². The van der Waals surface area contributed by atoms with Crippen molar-refractivity contribution in [2.24, 2.45) is 0 Å². The quantitative estimate of drug-likeness (QED) is 0.713. The zero-order valence-corrected chi connectivity index (χ0v) is 14.5. The predicted molar refractivity (Wildman–Crippen MR) is 97.6 cm³/mol. The number of anilines is 2. The Morgan fingerprint density at radius 2 is 1.84 bits per heavy atom. The minimum absolute atomic E-state index is 0.526. The van der Waals surface area contributed by atoms with E-state index in [-0.39, 0.29) is 0 Å². The molecule has 128 valence electrons. The van der Waals surface area contributed by atoms with Crippen LogP contribution in [0.3, 0.4) is 0 Å². The first-order valence-corrected chi connectivity index (χ1v) is 8.38. The van der Waals surface area contributed by atoms with Gasteiger partial charge in [0.15, 0.2) is 5.82 Å². The summed E-state index contributed by atoms with van der Waals surface area (Å²) in [7, 11) is 1.60. The van der Waals surface area contributed by atoms with Gasteiger partial charge < -0.3 is 14.5 Å². The van der Waals surface area contributed by atoms with E-state index in [0.29, 0.717) is 10.9 Å². The second-order valence-corrected chi connectivity index (χ2v) is 6.19. The third-order valence-corrected chi connectivity index (χ3v) is 4.52. The molecule has 25 heavy (non-hydrogen) atoms. The molecule has 1 aliphatic rings. The van der Waals surface area contributed by atoms with E-state index in [2.05, 4.69) is 29.7 Å². The van der Waals surface area contributed by atoms with Crippen molar-refractivity contribution in [2.45, 2.75) is 0 Å². The van der Waals surface area contributed by atoms with Crippen LogP contribution in [0.4, 0.5) is 11.6 Å². The number of methoxy groups -OCH3 is 1. The van der Waals surface area contributed by atoms with E-state index in [1.54, 1.807) is 25.8 Å². The average Bonchev–Trinajstić information content (AvgIpc) is 2.67. The summed E-state index contributed by atoms with van der Waals surface area (Å²) in [5.74, 6) is 2.30. The largest absolute Gasteiger partial charge is 0.480 e. The van der Waals surface area contributed by atoms with Crippen molar-refractivity contribution in [1.82, 2.24) is 19.9 Å². The lowest BCUT2D eigenvalue weighted by Gasteiger charge is -2.36. The zero-order valence-electron chi connectivity index (χ0n) is 13.8. The number of rotatable bonds is 3. The van der Waals surface area contributed by atoms with Crippen molar-refractivity contribution in [1.29, 1.82) is 0 Å². The lowest BCUT2D eigenvalue weighted by atomic mass is 10.2. The van der Waals surface area contributed by atoms with E-state index < -0.39 is 0 Å². The average molecular weight is 357 g/mol. The Morgan fingerprint density at radius 1 is 1.04 bits per heavy atom. The number of ether oxygens (including phenoxy) is 1. The molecule has 1 fully saturated rings. The lowest BCUT2D eigenvalue weighted by Crippen LogP contribution is -2.47. The van der Waals surface area contributed by atoms with Gasteiger partial charge in [-0.25, -0.2) is 9.97 Å². The molecule has 0 unspecified atom stereocenters. The standard InChI is InChI=1S/C17H17ClN6O/c1-25-16-10-19-9-15(22-16)23-4-6-24(7-5-23)17-13-3-2-12(18)8-14(13)20-11-21-17/h2-3,8-11H,4-7H2,1H3. The molecule has 0 atom stereocenters. The van der Waals surface area contributed by atoms with Gasteiger partial charge in [-0.05, 0) is 18.2 Å². The fraction of sp³-hybridized carbons (Fsp3) is 0.294. The molecule has 3 aromatic rings. The number of fused-ring (bicyclic) bond motifs is 1. The summed E-state index contributed by atoms with van der Waals surface area (Å²) >= 11 is 6.06. The molecule has 1 saturated heterocycles. The van der Waals surface area contributed by atoms with Crippen LogP contribution in [0.2, 0.25) is 5.02 Å². The lowest BCUT2D eigenvalue weighted by molar-refractivity contribution is 0.395. The molecule has 8 heteroatoms. The van der Waals surface area contributed by atoms with E-state index in [4.69, 9.17) is 16.3 Å². The second-order valence-electron chi connectivity index (χ2n) is 5.75. The van der Waals surface area contributed by atoms with Crippen LogP contribution >= 0.6 is 11.6 Å². The molecule has 0 N–H and O–H groups in total. The molecule has 0 amide bonds. The SMILES string of the molecule is COc1cncc(N2CCN(c3ncnc4cc(Cl)ccc34)CC2)n1. The third-order valence-electron chi connectivity index (χ3n) is 4.29. The predicted octanol–water partition coefficient (Wildman–Crippen LogP) is 2.41. The van der Waals surface area contributed by atoms with Gasteiger partial charge in [-0.1, -0.05) is 11.6 Å². The molecule has 0 spiro atoms. The van der Waals surface area contributed by atoms with Gasteiger partial charge in [-0.15, -0.1) is 0 Å². The van der Waals surface area contributed by atoms with Gasteiger partial charge in [0.25, 0.3) is 0 Å². The fourth-order valence-electron chi connectivity index (χ4n) is 3.00. The number of nitrogens with zero attached hydrogens (tertiary/aromatic N) is 6.